The maximum Gasteiger partial charge on any atom is 0.227 e. The Balaban J connectivity index is 1.43. The fourth-order valence-corrected chi connectivity index (χ4v) is 4.44. The Morgan fingerprint density at radius 3 is 2.25 bits per heavy atom. The Morgan fingerprint density at radius 1 is 0.812 bits per heavy atom. The fourth-order valence-electron chi connectivity index (χ4n) is 4.44. The number of ether oxygens (including phenoxy) is 2. The van der Waals surface area contributed by atoms with Crippen LogP contribution >= 0.6 is 0 Å². The summed E-state index contributed by atoms with van der Waals surface area (Å²) in [6, 6.07) is 16.8. The number of amides is 1. The molecule has 2 aromatic rings. The van der Waals surface area contributed by atoms with Crippen molar-refractivity contribution in [3.8, 4) is 5.75 Å². The van der Waals surface area contributed by atoms with Crippen molar-refractivity contribution in [1.29, 1.82) is 0 Å². The fraction of sp³-hybridized carbons (Fsp3) is 0.500. The van der Waals surface area contributed by atoms with Gasteiger partial charge >= 0.3 is 0 Å². The number of para-hydroxylation sites is 1. The summed E-state index contributed by atoms with van der Waals surface area (Å²) in [5.41, 5.74) is 3.62. The zero-order chi connectivity index (χ0) is 22.2. The molecule has 0 atom stereocenters. The zero-order valence-corrected chi connectivity index (χ0v) is 19.2. The van der Waals surface area contributed by atoms with Gasteiger partial charge in [-0.3, -0.25) is 14.6 Å². The van der Waals surface area contributed by atoms with E-state index in [4.69, 9.17) is 9.47 Å². The summed E-state index contributed by atoms with van der Waals surface area (Å²) in [5, 5.41) is 0. The van der Waals surface area contributed by atoms with Crippen LogP contribution in [0.4, 0.5) is 0 Å². The van der Waals surface area contributed by atoms with Gasteiger partial charge < -0.3 is 14.4 Å². The lowest BCUT2D eigenvalue weighted by atomic mass is 10.1. The minimum atomic E-state index is 0.165. The van der Waals surface area contributed by atoms with Gasteiger partial charge in [0.2, 0.25) is 5.91 Å². The topological polar surface area (TPSA) is 45.2 Å². The lowest BCUT2D eigenvalue weighted by Crippen LogP contribution is -2.39. The number of morpholine rings is 1. The number of carbonyl (C=O) groups is 1. The molecule has 2 aliphatic rings. The molecule has 6 nitrogen and oxygen atoms in total. The van der Waals surface area contributed by atoms with Crippen LogP contribution in [0.3, 0.4) is 0 Å². The van der Waals surface area contributed by atoms with Crippen LogP contribution in [0.15, 0.2) is 48.5 Å². The molecule has 32 heavy (non-hydrogen) atoms. The van der Waals surface area contributed by atoms with Crippen LogP contribution in [0.2, 0.25) is 0 Å². The Labute approximate surface area is 191 Å². The summed E-state index contributed by atoms with van der Waals surface area (Å²) >= 11 is 0. The molecule has 0 spiro atoms. The van der Waals surface area contributed by atoms with E-state index in [1.54, 1.807) is 0 Å². The van der Waals surface area contributed by atoms with E-state index in [0.717, 1.165) is 76.9 Å². The van der Waals surface area contributed by atoms with Crippen molar-refractivity contribution in [2.24, 2.45) is 0 Å². The molecule has 2 heterocycles. The van der Waals surface area contributed by atoms with Gasteiger partial charge in [0.25, 0.3) is 0 Å². The normalized spacial score (nSPS) is 19.2. The number of fused-ring (bicyclic) bond motifs is 1. The van der Waals surface area contributed by atoms with E-state index >= 15 is 0 Å². The molecule has 0 radical (unpaired) electrons. The van der Waals surface area contributed by atoms with E-state index in [1.165, 1.54) is 11.1 Å². The van der Waals surface area contributed by atoms with E-state index < -0.39 is 0 Å². The summed E-state index contributed by atoms with van der Waals surface area (Å²) < 4.78 is 11.6. The third kappa shape index (κ3) is 6.31. The highest BCUT2D eigenvalue weighted by Crippen LogP contribution is 2.20. The molecule has 1 saturated heterocycles. The molecule has 0 saturated carbocycles. The van der Waals surface area contributed by atoms with Crippen LogP contribution in [0.1, 0.15) is 23.6 Å². The molecule has 0 aliphatic carbocycles. The first-order valence-corrected chi connectivity index (χ1v) is 11.8. The number of rotatable bonds is 5. The van der Waals surface area contributed by atoms with Crippen molar-refractivity contribution >= 4 is 5.91 Å². The van der Waals surface area contributed by atoms with E-state index in [9.17, 15) is 4.79 Å². The Hall–Kier alpha value is -2.41. The summed E-state index contributed by atoms with van der Waals surface area (Å²) in [5.74, 6) is 0.990. The molecule has 0 aromatic heterocycles. The van der Waals surface area contributed by atoms with Gasteiger partial charge in [-0.2, -0.15) is 0 Å². The van der Waals surface area contributed by atoms with E-state index in [2.05, 4.69) is 41.0 Å². The standard InChI is InChI=1S/C26H35N3O3/c1-2-29-11-10-27(14-17-32-25-9-4-3-8-24(25)19-26(29)30)20-22-6-5-7-23(18-22)21-28-12-15-31-16-13-28/h3-9,18H,2,10-17,19-21H2,1H3. The van der Waals surface area contributed by atoms with E-state index in [0.29, 0.717) is 13.0 Å². The second kappa shape index (κ2) is 11.5. The van der Waals surface area contributed by atoms with Gasteiger partial charge in [-0.1, -0.05) is 42.5 Å². The van der Waals surface area contributed by atoms with Crippen molar-refractivity contribution in [2.75, 3.05) is 59.1 Å². The lowest BCUT2D eigenvalue weighted by molar-refractivity contribution is -0.130. The third-order valence-corrected chi connectivity index (χ3v) is 6.31. The summed E-state index contributed by atoms with van der Waals surface area (Å²) in [6.45, 7) is 11.3. The zero-order valence-electron chi connectivity index (χ0n) is 19.2. The van der Waals surface area contributed by atoms with Crippen LogP contribution in [0.5, 0.6) is 5.75 Å². The average molecular weight is 438 g/mol. The molecule has 0 unspecified atom stereocenters. The van der Waals surface area contributed by atoms with Crippen molar-refractivity contribution in [3.63, 3.8) is 0 Å². The van der Waals surface area contributed by atoms with Crippen molar-refractivity contribution < 1.29 is 14.3 Å². The van der Waals surface area contributed by atoms with Gasteiger partial charge in [0.05, 0.1) is 19.6 Å². The molecule has 0 bridgehead atoms. The molecule has 1 fully saturated rings. The van der Waals surface area contributed by atoms with Crippen molar-refractivity contribution in [1.82, 2.24) is 14.7 Å². The van der Waals surface area contributed by atoms with Gasteiger partial charge in [0, 0.05) is 57.9 Å². The maximum absolute atomic E-state index is 12.9. The SMILES string of the molecule is CCN1CCN(Cc2cccc(CN3CCOCC3)c2)CCOc2ccccc2CC1=O. The first-order chi connectivity index (χ1) is 15.7. The second-order valence-electron chi connectivity index (χ2n) is 8.59. The van der Waals surface area contributed by atoms with Crippen LogP contribution in [-0.2, 0) is 29.0 Å². The van der Waals surface area contributed by atoms with Crippen LogP contribution < -0.4 is 4.74 Å². The monoisotopic (exact) mass is 437 g/mol. The first-order valence-electron chi connectivity index (χ1n) is 11.8. The largest absolute Gasteiger partial charge is 0.492 e. The molecule has 2 aliphatic heterocycles. The molecule has 6 heteroatoms. The molecule has 2 aromatic carbocycles. The molecule has 1 amide bonds. The van der Waals surface area contributed by atoms with Crippen LogP contribution in [0.25, 0.3) is 0 Å². The van der Waals surface area contributed by atoms with E-state index in [-0.39, 0.29) is 5.91 Å². The molecule has 172 valence electrons. The first kappa shape index (κ1) is 22.8. The smallest absolute Gasteiger partial charge is 0.227 e. The number of hydrogen-bond acceptors (Lipinski definition) is 5. The third-order valence-electron chi connectivity index (χ3n) is 6.31. The number of carbonyl (C=O) groups excluding carboxylic acids is 1. The highest BCUT2D eigenvalue weighted by atomic mass is 16.5. The van der Waals surface area contributed by atoms with Crippen LogP contribution in [0, 0.1) is 0 Å². The van der Waals surface area contributed by atoms with Gasteiger partial charge in [-0.05, 0) is 24.1 Å². The predicted molar refractivity (Wildman–Crippen MR) is 126 cm³/mol. The quantitative estimate of drug-likeness (QED) is 0.720. The summed E-state index contributed by atoms with van der Waals surface area (Å²) in [7, 11) is 0. The van der Waals surface area contributed by atoms with Gasteiger partial charge in [-0.25, -0.2) is 0 Å². The molecule has 4 rings (SSSR count). The number of likely N-dealkylation sites (N-methyl/N-ethyl adjacent to an activating group) is 1. The second-order valence-corrected chi connectivity index (χ2v) is 8.59. The van der Waals surface area contributed by atoms with Crippen LogP contribution in [-0.4, -0.2) is 79.7 Å². The average Bonchev–Trinajstić information content (AvgIpc) is 2.83. The van der Waals surface area contributed by atoms with Gasteiger partial charge in [0.1, 0.15) is 12.4 Å². The minimum Gasteiger partial charge on any atom is -0.492 e. The highest BCUT2D eigenvalue weighted by Gasteiger charge is 2.18. The number of benzene rings is 2. The summed E-state index contributed by atoms with van der Waals surface area (Å²) in [6.07, 6.45) is 0.396. The minimum absolute atomic E-state index is 0.165. The van der Waals surface area contributed by atoms with Crippen molar-refractivity contribution in [2.45, 2.75) is 26.4 Å². The Morgan fingerprint density at radius 2 is 1.50 bits per heavy atom. The molecular weight excluding hydrogens is 402 g/mol. The predicted octanol–water partition coefficient (Wildman–Crippen LogP) is 2.80. The Kier molecular flexibility index (Phi) is 8.15. The molecular formula is C26H35N3O3. The maximum atomic E-state index is 12.9. The lowest BCUT2D eigenvalue weighted by Gasteiger charge is -2.28. The van der Waals surface area contributed by atoms with Crippen molar-refractivity contribution in [3.05, 3.63) is 65.2 Å². The van der Waals surface area contributed by atoms with Gasteiger partial charge in [-0.15, -0.1) is 0 Å². The number of hydrogen-bond donors (Lipinski definition) is 0. The van der Waals surface area contributed by atoms with E-state index in [1.807, 2.05) is 29.2 Å². The Bertz CT molecular complexity index is 882. The molecule has 0 N–H and O–H groups in total. The highest BCUT2D eigenvalue weighted by molar-refractivity contribution is 5.79. The van der Waals surface area contributed by atoms with Gasteiger partial charge in [0.15, 0.2) is 0 Å². The summed E-state index contributed by atoms with van der Waals surface area (Å²) in [4.78, 5) is 19.7. The number of nitrogens with zero attached hydrogens (tertiary/aromatic N) is 3.